The lowest BCUT2D eigenvalue weighted by molar-refractivity contribution is -0.124. The molecule has 2 N–H and O–H groups in total. The molecular weight excluding hydrogens is 472 g/mol. The standard InChI is InChI=1S/C29H34N4O2.C3H6/c34-28(19-23-8-3-1-4-9-23)32-27-13-16-33(17-14-27)22-29(35)31-21-26(25-11-5-2-6-12-25)18-24-10-7-15-30-20-24;1-3-2/h1-12,15,20,26-27H,13-14,16-19,21-22H2,(H,31,35)(H,32,34);3H,1H2,2H3. The second-order valence-corrected chi connectivity index (χ2v) is 9.67. The number of benzene rings is 2. The number of pyridine rings is 1. The molecule has 4 rings (SSSR count). The number of carbonyl (C=O) groups is 2. The molecule has 38 heavy (non-hydrogen) atoms. The van der Waals surface area contributed by atoms with Crippen molar-refractivity contribution in [3.8, 4) is 0 Å². The quantitative estimate of drug-likeness (QED) is 0.391. The van der Waals surface area contributed by atoms with E-state index in [1.807, 2.05) is 67.7 Å². The zero-order chi connectivity index (χ0) is 27.0. The number of carbonyl (C=O) groups excluding carboxylic acids is 2. The summed E-state index contributed by atoms with van der Waals surface area (Å²) >= 11 is 0. The fraction of sp³-hybridized carbons (Fsp3) is 0.344. The van der Waals surface area contributed by atoms with Crippen LogP contribution in [0.2, 0.25) is 0 Å². The van der Waals surface area contributed by atoms with Crippen LogP contribution >= 0.6 is 0 Å². The molecule has 1 saturated heterocycles. The summed E-state index contributed by atoms with van der Waals surface area (Å²) in [5.74, 6) is 0.298. The van der Waals surface area contributed by atoms with E-state index in [9.17, 15) is 9.59 Å². The average molecular weight is 513 g/mol. The predicted octanol–water partition coefficient (Wildman–Crippen LogP) is 4.54. The number of likely N-dealkylation sites (tertiary alicyclic amines) is 1. The number of nitrogens with zero attached hydrogens (tertiary/aromatic N) is 2. The van der Waals surface area contributed by atoms with Gasteiger partial charge in [0.15, 0.2) is 0 Å². The minimum atomic E-state index is 0.0451. The largest absolute Gasteiger partial charge is 0.354 e. The first-order valence-electron chi connectivity index (χ1n) is 13.4. The number of piperidine rings is 1. The lowest BCUT2D eigenvalue weighted by atomic mass is 9.92. The van der Waals surface area contributed by atoms with E-state index in [1.54, 1.807) is 12.3 Å². The molecule has 6 heteroatoms. The number of allylic oxidation sites excluding steroid dienone is 1. The van der Waals surface area contributed by atoms with E-state index in [-0.39, 0.29) is 23.8 Å². The Labute approximate surface area is 227 Å². The molecule has 1 aliphatic heterocycles. The van der Waals surface area contributed by atoms with Gasteiger partial charge < -0.3 is 10.6 Å². The Morgan fingerprint density at radius 1 is 0.974 bits per heavy atom. The van der Waals surface area contributed by atoms with Gasteiger partial charge in [0.05, 0.1) is 13.0 Å². The second kappa shape index (κ2) is 16.2. The van der Waals surface area contributed by atoms with Crippen molar-refractivity contribution < 1.29 is 9.59 Å². The van der Waals surface area contributed by atoms with E-state index in [0.717, 1.165) is 43.5 Å². The van der Waals surface area contributed by atoms with Gasteiger partial charge in [-0.15, -0.1) is 6.58 Å². The van der Waals surface area contributed by atoms with Gasteiger partial charge in [-0.2, -0.15) is 0 Å². The summed E-state index contributed by atoms with van der Waals surface area (Å²) in [6.45, 7) is 7.84. The normalized spacial score (nSPS) is 14.4. The minimum absolute atomic E-state index is 0.0451. The van der Waals surface area contributed by atoms with E-state index >= 15 is 0 Å². The summed E-state index contributed by atoms with van der Waals surface area (Å²) in [4.78, 5) is 31.5. The SMILES string of the molecule is C=CC.O=C(CN1CCC(NC(=O)Cc2ccccc2)CC1)NCC(Cc1cccnc1)c1ccccc1. The third kappa shape index (κ3) is 10.3. The molecule has 2 amide bonds. The highest BCUT2D eigenvalue weighted by Gasteiger charge is 2.22. The summed E-state index contributed by atoms with van der Waals surface area (Å²) in [5.41, 5.74) is 3.40. The van der Waals surface area contributed by atoms with Crippen LogP contribution in [0.5, 0.6) is 0 Å². The lowest BCUT2D eigenvalue weighted by Gasteiger charge is -2.32. The van der Waals surface area contributed by atoms with E-state index in [2.05, 4.69) is 45.3 Å². The summed E-state index contributed by atoms with van der Waals surface area (Å²) < 4.78 is 0. The first-order chi connectivity index (χ1) is 18.6. The van der Waals surface area contributed by atoms with E-state index in [1.165, 1.54) is 5.56 Å². The topological polar surface area (TPSA) is 74.3 Å². The highest BCUT2D eigenvalue weighted by molar-refractivity contribution is 5.79. The summed E-state index contributed by atoms with van der Waals surface area (Å²) in [6.07, 6.45) is 8.38. The fourth-order valence-electron chi connectivity index (χ4n) is 4.63. The van der Waals surface area contributed by atoms with Crippen LogP contribution in [0.3, 0.4) is 0 Å². The molecule has 1 aromatic heterocycles. The Morgan fingerprint density at radius 3 is 2.24 bits per heavy atom. The number of aromatic nitrogens is 1. The van der Waals surface area contributed by atoms with E-state index < -0.39 is 0 Å². The van der Waals surface area contributed by atoms with Gasteiger partial charge in [0, 0.05) is 44.0 Å². The Hall–Kier alpha value is -3.77. The number of amides is 2. The molecule has 0 spiro atoms. The minimum Gasteiger partial charge on any atom is -0.354 e. The maximum atomic E-state index is 12.7. The Bertz CT molecular complexity index is 1100. The number of rotatable bonds is 10. The Kier molecular flexibility index (Phi) is 12.2. The smallest absolute Gasteiger partial charge is 0.234 e. The van der Waals surface area contributed by atoms with Gasteiger partial charge in [0.25, 0.3) is 0 Å². The van der Waals surface area contributed by atoms with Crippen molar-refractivity contribution in [3.05, 3.63) is 115 Å². The van der Waals surface area contributed by atoms with Crippen molar-refractivity contribution in [2.24, 2.45) is 0 Å². The monoisotopic (exact) mass is 512 g/mol. The Morgan fingerprint density at radius 2 is 1.61 bits per heavy atom. The summed E-state index contributed by atoms with van der Waals surface area (Å²) in [5, 5.41) is 6.30. The molecule has 3 aromatic rings. The third-order valence-corrected chi connectivity index (χ3v) is 6.55. The number of hydrogen-bond donors (Lipinski definition) is 2. The third-order valence-electron chi connectivity index (χ3n) is 6.55. The van der Waals surface area contributed by atoms with Crippen molar-refractivity contribution >= 4 is 11.8 Å². The van der Waals surface area contributed by atoms with Crippen molar-refractivity contribution in [1.82, 2.24) is 20.5 Å². The first-order valence-corrected chi connectivity index (χ1v) is 13.4. The Balaban J connectivity index is 0.00000127. The van der Waals surface area contributed by atoms with E-state index in [0.29, 0.717) is 19.5 Å². The second-order valence-electron chi connectivity index (χ2n) is 9.67. The molecule has 1 fully saturated rings. The van der Waals surface area contributed by atoms with Gasteiger partial charge >= 0.3 is 0 Å². The van der Waals surface area contributed by atoms with Crippen LogP contribution in [0, 0.1) is 0 Å². The van der Waals surface area contributed by atoms with Gasteiger partial charge in [-0.25, -0.2) is 0 Å². The molecule has 200 valence electrons. The lowest BCUT2D eigenvalue weighted by Crippen LogP contribution is -2.48. The summed E-state index contributed by atoms with van der Waals surface area (Å²) in [7, 11) is 0. The van der Waals surface area contributed by atoms with Gasteiger partial charge in [-0.05, 0) is 48.9 Å². The zero-order valence-electron chi connectivity index (χ0n) is 22.4. The molecular formula is C32H40N4O2. The molecule has 2 aromatic carbocycles. The molecule has 0 saturated carbocycles. The predicted molar refractivity (Wildman–Crippen MR) is 154 cm³/mol. The van der Waals surface area contributed by atoms with Crippen LogP contribution in [0.1, 0.15) is 42.4 Å². The van der Waals surface area contributed by atoms with Crippen LogP contribution in [0.4, 0.5) is 0 Å². The fourth-order valence-corrected chi connectivity index (χ4v) is 4.63. The highest BCUT2D eigenvalue weighted by Crippen LogP contribution is 2.20. The molecule has 0 aliphatic carbocycles. The van der Waals surface area contributed by atoms with Crippen LogP contribution in [-0.2, 0) is 22.4 Å². The van der Waals surface area contributed by atoms with Crippen molar-refractivity contribution in [2.75, 3.05) is 26.2 Å². The van der Waals surface area contributed by atoms with E-state index in [4.69, 9.17) is 0 Å². The van der Waals surface area contributed by atoms with Gasteiger partial charge in [-0.3, -0.25) is 19.5 Å². The van der Waals surface area contributed by atoms with Crippen LogP contribution in [0.15, 0.2) is 97.8 Å². The molecule has 1 aliphatic rings. The van der Waals surface area contributed by atoms with Crippen LogP contribution in [-0.4, -0.2) is 53.9 Å². The van der Waals surface area contributed by atoms with Crippen molar-refractivity contribution in [3.63, 3.8) is 0 Å². The van der Waals surface area contributed by atoms with Gasteiger partial charge in [0.2, 0.25) is 11.8 Å². The first kappa shape index (κ1) is 28.8. The number of hydrogen-bond acceptors (Lipinski definition) is 4. The molecule has 1 unspecified atom stereocenters. The van der Waals surface area contributed by atoms with Crippen molar-refractivity contribution in [1.29, 1.82) is 0 Å². The molecule has 6 nitrogen and oxygen atoms in total. The molecule has 0 radical (unpaired) electrons. The van der Waals surface area contributed by atoms with Gasteiger partial charge in [-0.1, -0.05) is 72.8 Å². The molecule has 2 heterocycles. The number of nitrogens with one attached hydrogen (secondary N) is 2. The maximum Gasteiger partial charge on any atom is 0.234 e. The summed E-state index contributed by atoms with van der Waals surface area (Å²) in [6, 6.07) is 24.3. The van der Waals surface area contributed by atoms with Crippen LogP contribution in [0.25, 0.3) is 0 Å². The maximum absolute atomic E-state index is 12.7. The zero-order valence-corrected chi connectivity index (χ0v) is 22.4. The average Bonchev–Trinajstić information content (AvgIpc) is 2.94. The highest BCUT2D eigenvalue weighted by atomic mass is 16.2. The van der Waals surface area contributed by atoms with Gasteiger partial charge in [0.1, 0.15) is 0 Å². The van der Waals surface area contributed by atoms with Crippen LogP contribution < -0.4 is 10.6 Å². The molecule has 1 atom stereocenters. The molecule has 0 bridgehead atoms. The van der Waals surface area contributed by atoms with Crippen molar-refractivity contribution in [2.45, 2.75) is 44.6 Å².